The highest BCUT2D eigenvalue weighted by molar-refractivity contribution is 14.0. The standard InChI is InChI=1S/C14H24N4S.HI/c1-9(2)13-10(3)19-12(18-13)8-16-14(15)17-11-6-4-5-7-11;/h9,11H,4-8H2,1-3H3,(H3,15,16,17);1H. The van der Waals surface area contributed by atoms with Crippen LogP contribution in [0.1, 0.15) is 61.0 Å². The van der Waals surface area contributed by atoms with Gasteiger partial charge in [-0.25, -0.2) is 9.98 Å². The van der Waals surface area contributed by atoms with Gasteiger partial charge in [-0.1, -0.05) is 26.7 Å². The van der Waals surface area contributed by atoms with Gasteiger partial charge in [0.15, 0.2) is 5.96 Å². The van der Waals surface area contributed by atoms with Crippen LogP contribution in [0, 0.1) is 6.92 Å². The Labute approximate surface area is 142 Å². The first kappa shape index (κ1) is 17.7. The van der Waals surface area contributed by atoms with Crippen molar-refractivity contribution >= 4 is 41.3 Å². The first-order valence-corrected chi connectivity index (χ1v) is 7.90. The summed E-state index contributed by atoms with van der Waals surface area (Å²) in [6.45, 7) is 7.06. The summed E-state index contributed by atoms with van der Waals surface area (Å²) in [5.74, 6) is 1.04. The van der Waals surface area contributed by atoms with Crippen LogP contribution in [0.5, 0.6) is 0 Å². The van der Waals surface area contributed by atoms with E-state index in [4.69, 9.17) is 5.73 Å². The molecule has 1 fully saturated rings. The summed E-state index contributed by atoms with van der Waals surface area (Å²) in [6, 6.07) is 0.521. The molecule has 0 amide bonds. The summed E-state index contributed by atoms with van der Waals surface area (Å²) >= 11 is 1.73. The van der Waals surface area contributed by atoms with Gasteiger partial charge in [0.05, 0.1) is 12.2 Å². The molecule has 0 unspecified atom stereocenters. The fourth-order valence-electron chi connectivity index (χ4n) is 2.55. The Morgan fingerprint density at radius 3 is 2.65 bits per heavy atom. The Kier molecular flexibility index (Phi) is 7.22. The van der Waals surface area contributed by atoms with Gasteiger partial charge in [-0.15, -0.1) is 35.3 Å². The number of aliphatic imine (C=N–C) groups is 1. The Hall–Kier alpha value is -0.370. The van der Waals surface area contributed by atoms with E-state index in [1.807, 2.05) is 0 Å². The van der Waals surface area contributed by atoms with Crippen LogP contribution < -0.4 is 11.1 Å². The number of hydrogen-bond donors (Lipinski definition) is 2. The Morgan fingerprint density at radius 2 is 2.10 bits per heavy atom. The molecule has 1 aromatic heterocycles. The van der Waals surface area contributed by atoms with Crippen molar-refractivity contribution in [3.63, 3.8) is 0 Å². The van der Waals surface area contributed by atoms with Crippen LogP contribution in [0.3, 0.4) is 0 Å². The van der Waals surface area contributed by atoms with Gasteiger partial charge in [-0.3, -0.25) is 0 Å². The topological polar surface area (TPSA) is 63.3 Å². The van der Waals surface area contributed by atoms with Crippen LogP contribution in [0.4, 0.5) is 0 Å². The van der Waals surface area contributed by atoms with E-state index in [0.29, 0.717) is 24.5 Å². The molecule has 0 saturated heterocycles. The quantitative estimate of drug-likeness (QED) is 0.455. The lowest BCUT2D eigenvalue weighted by Gasteiger charge is -2.11. The van der Waals surface area contributed by atoms with Crippen LogP contribution in [0.25, 0.3) is 0 Å². The number of rotatable bonds is 4. The number of hydrogen-bond acceptors (Lipinski definition) is 3. The summed E-state index contributed by atoms with van der Waals surface area (Å²) in [7, 11) is 0. The maximum atomic E-state index is 5.92. The van der Waals surface area contributed by atoms with Crippen LogP contribution >= 0.6 is 35.3 Å². The van der Waals surface area contributed by atoms with E-state index in [9.17, 15) is 0 Å². The van der Waals surface area contributed by atoms with Gasteiger partial charge in [0.25, 0.3) is 0 Å². The lowest BCUT2D eigenvalue weighted by Crippen LogP contribution is -2.38. The van der Waals surface area contributed by atoms with E-state index < -0.39 is 0 Å². The molecule has 1 aliphatic rings. The Morgan fingerprint density at radius 1 is 1.45 bits per heavy atom. The van der Waals surface area contributed by atoms with Crippen molar-refractivity contribution in [3.8, 4) is 0 Å². The second kappa shape index (κ2) is 8.17. The third-order valence-corrected chi connectivity index (χ3v) is 4.49. The molecule has 1 saturated carbocycles. The number of halogens is 1. The molecule has 3 N–H and O–H groups in total. The first-order valence-electron chi connectivity index (χ1n) is 7.09. The Bertz CT molecular complexity index is 450. The highest BCUT2D eigenvalue weighted by Crippen LogP contribution is 2.24. The summed E-state index contributed by atoms with van der Waals surface area (Å²) in [6.07, 6.45) is 5.02. The van der Waals surface area contributed by atoms with Gasteiger partial charge in [0.2, 0.25) is 0 Å². The number of nitrogens with one attached hydrogen (secondary N) is 1. The molecule has 4 nitrogen and oxygen atoms in total. The second-order valence-electron chi connectivity index (χ2n) is 5.53. The van der Waals surface area contributed by atoms with Gasteiger partial charge < -0.3 is 11.1 Å². The zero-order valence-electron chi connectivity index (χ0n) is 12.5. The molecule has 114 valence electrons. The van der Waals surface area contributed by atoms with E-state index in [1.54, 1.807) is 11.3 Å². The third-order valence-electron chi connectivity index (χ3n) is 3.52. The summed E-state index contributed by atoms with van der Waals surface area (Å²) in [5.41, 5.74) is 7.11. The molecule has 0 spiro atoms. The van der Waals surface area contributed by atoms with Crippen molar-refractivity contribution in [2.24, 2.45) is 10.7 Å². The van der Waals surface area contributed by atoms with Crippen molar-refractivity contribution in [2.45, 2.75) is 65.0 Å². The van der Waals surface area contributed by atoms with E-state index >= 15 is 0 Å². The Balaban J connectivity index is 0.00000200. The predicted molar refractivity (Wildman–Crippen MR) is 97.1 cm³/mol. The molecule has 0 bridgehead atoms. The van der Waals surface area contributed by atoms with Gasteiger partial charge in [0, 0.05) is 10.9 Å². The molecule has 6 heteroatoms. The average Bonchev–Trinajstić information content (AvgIpc) is 2.96. The van der Waals surface area contributed by atoms with E-state index in [1.165, 1.54) is 36.3 Å². The minimum atomic E-state index is 0. The van der Waals surface area contributed by atoms with Crippen molar-refractivity contribution in [1.29, 1.82) is 0 Å². The lowest BCUT2D eigenvalue weighted by atomic mass is 10.1. The fraction of sp³-hybridized carbons (Fsp3) is 0.714. The zero-order valence-corrected chi connectivity index (χ0v) is 15.6. The van der Waals surface area contributed by atoms with Gasteiger partial charge >= 0.3 is 0 Å². The predicted octanol–water partition coefficient (Wildman–Crippen LogP) is 3.54. The number of aryl methyl sites for hydroxylation is 1. The van der Waals surface area contributed by atoms with Crippen LogP contribution in [-0.2, 0) is 6.54 Å². The van der Waals surface area contributed by atoms with Crippen molar-refractivity contribution in [3.05, 3.63) is 15.6 Å². The van der Waals surface area contributed by atoms with Crippen LogP contribution in [0.15, 0.2) is 4.99 Å². The average molecular weight is 408 g/mol. The van der Waals surface area contributed by atoms with Gasteiger partial charge in [-0.2, -0.15) is 0 Å². The third kappa shape index (κ3) is 4.87. The summed E-state index contributed by atoms with van der Waals surface area (Å²) in [5, 5.41) is 4.35. The van der Waals surface area contributed by atoms with Gasteiger partial charge in [-0.05, 0) is 25.7 Å². The number of nitrogens with zero attached hydrogens (tertiary/aromatic N) is 2. The summed E-state index contributed by atoms with van der Waals surface area (Å²) < 4.78 is 0. The SMILES string of the molecule is Cc1sc(CN=C(N)NC2CCCC2)nc1C(C)C.I. The minimum absolute atomic E-state index is 0. The number of nitrogens with two attached hydrogens (primary N) is 1. The maximum absolute atomic E-state index is 5.92. The van der Waals surface area contributed by atoms with E-state index in [2.05, 4.69) is 36.1 Å². The molecule has 20 heavy (non-hydrogen) atoms. The minimum Gasteiger partial charge on any atom is -0.370 e. The van der Waals surface area contributed by atoms with Crippen LogP contribution in [-0.4, -0.2) is 17.0 Å². The molecule has 0 radical (unpaired) electrons. The summed E-state index contributed by atoms with van der Waals surface area (Å²) in [4.78, 5) is 10.3. The highest BCUT2D eigenvalue weighted by Gasteiger charge is 2.15. The normalized spacial score (nSPS) is 16.5. The van der Waals surface area contributed by atoms with Crippen molar-refractivity contribution in [2.75, 3.05) is 0 Å². The van der Waals surface area contributed by atoms with Crippen molar-refractivity contribution < 1.29 is 0 Å². The van der Waals surface area contributed by atoms with E-state index in [-0.39, 0.29) is 24.0 Å². The molecule has 1 heterocycles. The monoisotopic (exact) mass is 408 g/mol. The van der Waals surface area contributed by atoms with Crippen LogP contribution in [0.2, 0.25) is 0 Å². The van der Waals surface area contributed by atoms with Crippen molar-refractivity contribution in [1.82, 2.24) is 10.3 Å². The molecule has 2 rings (SSSR count). The first-order chi connectivity index (χ1) is 9.06. The zero-order chi connectivity index (χ0) is 13.8. The number of aromatic nitrogens is 1. The molecular formula is C14H25IN4S. The molecule has 0 aromatic carbocycles. The number of thiazole rings is 1. The maximum Gasteiger partial charge on any atom is 0.189 e. The van der Waals surface area contributed by atoms with E-state index in [0.717, 1.165) is 5.01 Å². The molecular weight excluding hydrogens is 383 g/mol. The molecule has 0 atom stereocenters. The smallest absolute Gasteiger partial charge is 0.189 e. The second-order valence-corrected chi connectivity index (χ2v) is 6.82. The molecule has 1 aromatic rings. The molecule has 0 aliphatic heterocycles. The largest absolute Gasteiger partial charge is 0.370 e. The van der Waals surface area contributed by atoms with Gasteiger partial charge in [0.1, 0.15) is 5.01 Å². The highest BCUT2D eigenvalue weighted by atomic mass is 127. The molecule has 1 aliphatic carbocycles. The lowest BCUT2D eigenvalue weighted by molar-refractivity contribution is 0.625. The number of guanidine groups is 1. The fourth-order valence-corrected chi connectivity index (χ4v) is 3.56.